The number of nitrogens with one attached hydrogen (secondary N) is 1. The lowest BCUT2D eigenvalue weighted by Crippen LogP contribution is -2.39. The van der Waals surface area contributed by atoms with Crippen LogP contribution in [0.25, 0.3) is 0 Å². The summed E-state index contributed by atoms with van der Waals surface area (Å²) in [6.45, 7) is 0.698. The third kappa shape index (κ3) is 4.98. The summed E-state index contributed by atoms with van der Waals surface area (Å²) >= 11 is 1.30. The van der Waals surface area contributed by atoms with Gasteiger partial charge in [0.15, 0.2) is 5.13 Å². The molecule has 0 spiro atoms. The van der Waals surface area contributed by atoms with E-state index in [0.29, 0.717) is 24.5 Å². The quantitative estimate of drug-likeness (QED) is 0.795. The fourth-order valence-corrected chi connectivity index (χ4v) is 4.01. The van der Waals surface area contributed by atoms with Gasteiger partial charge >= 0.3 is 12.2 Å². The van der Waals surface area contributed by atoms with Gasteiger partial charge in [0.25, 0.3) is 0 Å². The van der Waals surface area contributed by atoms with E-state index in [1.54, 1.807) is 11.1 Å². The summed E-state index contributed by atoms with van der Waals surface area (Å²) in [5.74, 6) is 0. The molecule has 1 aliphatic heterocycles. The highest BCUT2D eigenvalue weighted by molar-refractivity contribution is 7.15. The Hall–Kier alpha value is -2.13. The molecular weight excluding hydrogens is 379 g/mol. The highest BCUT2D eigenvalue weighted by Crippen LogP contribution is 2.30. The lowest BCUT2D eigenvalue weighted by atomic mass is 10.1. The Labute approximate surface area is 158 Å². The summed E-state index contributed by atoms with van der Waals surface area (Å²) in [6.07, 6.45) is 0.0736. The second-order valence-electron chi connectivity index (χ2n) is 6.44. The van der Waals surface area contributed by atoms with Crippen LogP contribution < -0.4 is 5.32 Å². The molecule has 1 fully saturated rings. The molecule has 1 aromatic carbocycles. The van der Waals surface area contributed by atoms with Crippen LogP contribution in [0.4, 0.5) is 23.1 Å². The first-order chi connectivity index (χ1) is 12.9. The second-order valence-corrected chi connectivity index (χ2v) is 7.55. The molecule has 1 aliphatic rings. The van der Waals surface area contributed by atoms with Crippen molar-refractivity contribution in [1.29, 1.82) is 0 Å². The maximum Gasteiger partial charge on any atom is 0.416 e. The molecular formula is C18H20F3N3O2S. The van der Waals surface area contributed by atoms with Crippen LogP contribution in [0.3, 0.4) is 0 Å². The number of rotatable bonds is 5. The maximum absolute atomic E-state index is 12.6. The van der Waals surface area contributed by atoms with Crippen LogP contribution in [0.1, 0.15) is 35.3 Å². The Morgan fingerprint density at radius 1 is 1.33 bits per heavy atom. The molecule has 1 unspecified atom stereocenters. The standard InChI is InChI=1S/C18H20F3N3O2S/c19-18(20,21)13-5-3-12(4-6-13)10-15-11-22-16(27-15)23-17(26)24-8-1-2-14(24)7-9-25/h3-6,11,14,25H,1-2,7-10H2,(H,22,23,26). The number of carbonyl (C=O) groups excluding carboxylic acids is 1. The van der Waals surface area contributed by atoms with E-state index in [1.807, 2.05) is 0 Å². The number of likely N-dealkylation sites (tertiary alicyclic amines) is 1. The molecule has 3 rings (SSSR count). The number of aromatic nitrogens is 1. The predicted octanol–water partition coefficient (Wildman–Crippen LogP) is 4.13. The van der Waals surface area contributed by atoms with Crippen molar-refractivity contribution in [3.8, 4) is 0 Å². The number of amides is 2. The number of hydrogen-bond acceptors (Lipinski definition) is 4. The van der Waals surface area contributed by atoms with Gasteiger partial charge < -0.3 is 10.0 Å². The number of aliphatic hydroxyl groups is 1. The van der Waals surface area contributed by atoms with E-state index in [-0.39, 0.29) is 18.7 Å². The first kappa shape index (κ1) is 19.6. The van der Waals surface area contributed by atoms with E-state index >= 15 is 0 Å². The summed E-state index contributed by atoms with van der Waals surface area (Å²) in [7, 11) is 0. The van der Waals surface area contributed by atoms with Crippen molar-refractivity contribution in [2.75, 3.05) is 18.5 Å². The third-order valence-electron chi connectivity index (χ3n) is 4.53. The average Bonchev–Trinajstić information content (AvgIpc) is 3.24. The van der Waals surface area contributed by atoms with E-state index in [0.717, 1.165) is 35.4 Å². The number of alkyl halides is 3. The number of benzene rings is 1. The number of carbonyl (C=O) groups is 1. The fraction of sp³-hybridized carbons (Fsp3) is 0.444. The van der Waals surface area contributed by atoms with Crippen LogP contribution in [0.2, 0.25) is 0 Å². The number of anilines is 1. The molecule has 27 heavy (non-hydrogen) atoms. The molecule has 2 aromatic rings. The van der Waals surface area contributed by atoms with Gasteiger partial charge in [0.05, 0.1) is 5.56 Å². The molecule has 0 bridgehead atoms. The molecule has 1 saturated heterocycles. The summed E-state index contributed by atoms with van der Waals surface area (Å²) < 4.78 is 37.8. The van der Waals surface area contributed by atoms with Crippen molar-refractivity contribution in [3.05, 3.63) is 46.5 Å². The third-order valence-corrected chi connectivity index (χ3v) is 5.44. The Morgan fingerprint density at radius 3 is 2.74 bits per heavy atom. The SMILES string of the molecule is O=C(Nc1ncc(Cc2ccc(C(F)(F)F)cc2)s1)N1CCCC1CCO. The van der Waals surface area contributed by atoms with Crippen molar-refractivity contribution >= 4 is 22.5 Å². The number of hydrogen-bond donors (Lipinski definition) is 2. The predicted molar refractivity (Wildman–Crippen MR) is 96.8 cm³/mol. The number of halogens is 3. The lowest BCUT2D eigenvalue weighted by Gasteiger charge is -2.23. The number of urea groups is 1. The van der Waals surface area contributed by atoms with E-state index in [1.165, 1.54) is 23.5 Å². The van der Waals surface area contributed by atoms with Gasteiger partial charge in [-0.1, -0.05) is 12.1 Å². The zero-order valence-corrected chi connectivity index (χ0v) is 15.3. The lowest BCUT2D eigenvalue weighted by molar-refractivity contribution is -0.137. The van der Waals surface area contributed by atoms with Crippen molar-refractivity contribution in [1.82, 2.24) is 9.88 Å². The minimum absolute atomic E-state index is 0.0431. The van der Waals surface area contributed by atoms with Gasteiger partial charge in [-0.2, -0.15) is 13.2 Å². The van der Waals surface area contributed by atoms with Gasteiger partial charge in [0.1, 0.15) is 0 Å². The molecule has 2 N–H and O–H groups in total. The monoisotopic (exact) mass is 399 g/mol. The van der Waals surface area contributed by atoms with Crippen molar-refractivity contribution in [2.24, 2.45) is 0 Å². The molecule has 0 saturated carbocycles. The molecule has 146 valence electrons. The Balaban J connectivity index is 1.59. The van der Waals surface area contributed by atoms with Crippen molar-refractivity contribution in [3.63, 3.8) is 0 Å². The topological polar surface area (TPSA) is 65.5 Å². The van der Waals surface area contributed by atoms with E-state index < -0.39 is 11.7 Å². The molecule has 0 radical (unpaired) electrons. The number of thiazole rings is 1. The van der Waals surface area contributed by atoms with Crippen LogP contribution in [-0.4, -0.2) is 40.2 Å². The highest BCUT2D eigenvalue weighted by atomic mass is 32.1. The van der Waals surface area contributed by atoms with Gasteiger partial charge in [0, 0.05) is 36.7 Å². The summed E-state index contributed by atoms with van der Waals surface area (Å²) in [6, 6.07) is 4.83. The molecule has 1 atom stereocenters. The zero-order chi connectivity index (χ0) is 19.4. The summed E-state index contributed by atoms with van der Waals surface area (Å²) in [5, 5.41) is 12.3. The first-order valence-corrected chi connectivity index (χ1v) is 9.48. The fourth-order valence-electron chi connectivity index (χ4n) is 3.18. The van der Waals surface area contributed by atoms with E-state index in [4.69, 9.17) is 5.11 Å². The second kappa shape index (κ2) is 8.26. The highest BCUT2D eigenvalue weighted by Gasteiger charge is 2.30. The normalized spacial score (nSPS) is 17.3. The van der Waals surface area contributed by atoms with Gasteiger partial charge in [-0.15, -0.1) is 11.3 Å². The molecule has 9 heteroatoms. The van der Waals surface area contributed by atoms with Gasteiger partial charge in [0.2, 0.25) is 0 Å². The van der Waals surface area contributed by atoms with Crippen molar-refractivity contribution in [2.45, 2.75) is 37.9 Å². The number of nitrogens with zero attached hydrogens (tertiary/aromatic N) is 2. The van der Waals surface area contributed by atoms with Crippen LogP contribution in [-0.2, 0) is 12.6 Å². The van der Waals surface area contributed by atoms with Crippen LogP contribution in [0.5, 0.6) is 0 Å². The van der Waals surface area contributed by atoms with Crippen LogP contribution in [0, 0.1) is 0 Å². The van der Waals surface area contributed by atoms with Crippen LogP contribution in [0.15, 0.2) is 30.5 Å². The molecule has 1 aromatic heterocycles. The Kier molecular flexibility index (Phi) is 6.01. The average molecular weight is 399 g/mol. The Bertz CT molecular complexity index is 777. The van der Waals surface area contributed by atoms with Gasteiger partial charge in [-0.3, -0.25) is 5.32 Å². The van der Waals surface area contributed by atoms with E-state index in [9.17, 15) is 18.0 Å². The molecule has 5 nitrogen and oxygen atoms in total. The largest absolute Gasteiger partial charge is 0.416 e. The summed E-state index contributed by atoms with van der Waals surface area (Å²) in [4.78, 5) is 19.1. The Morgan fingerprint density at radius 2 is 2.07 bits per heavy atom. The van der Waals surface area contributed by atoms with E-state index in [2.05, 4.69) is 10.3 Å². The van der Waals surface area contributed by atoms with Crippen molar-refractivity contribution < 1.29 is 23.1 Å². The zero-order valence-electron chi connectivity index (χ0n) is 14.5. The van der Waals surface area contributed by atoms with Crippen LogP contribution >= 0.6 is 11.3 Å². The van der Waals surface area contributed by atoms with Gasteiger partial charge in [-0.25, -0.2) is 9.78 Å². The minimum atomic E-state index is -4.34. The molecule has 0 aliphatic carbocycles. The first-order valence-electron chi connectivity index (χ1n) is 8.66. The van der Waals surface area contributed by atoms with Gasteiger partial charge in [-0.05, 0) is 37.0 Å². The smallest absolute Gasteiger partial charge is 0.396 e. The number of aliphatic hydroxyl groups excluding tert-OH is 1. The molecule has 2 amide bonds. The molecule has 2 heterocycles. The summed E-state index contributed by atoms with van der Waals surface area (Å²) in [5.41, 5.74) is 0.0682. The minimum Gasteiger partial charge on any atom is -0.396 e. The maximum atomic E-state index is 12.6.